The minimum Gasteiger partial charge on any atom is -0.497 e. The average molecular weight is 576 g/mol. The Labute approximate surface area is 242 Å². The predicted octanol–water partition coefficient (Wildman–Crippen LogP) is 5.95. The van der Waals surface area contributed by atoms with Gasteiger partial charge in [-0.25, -0.2) is 8.51 Å². The SMILES string of the molecule is COc1ccc(C(c2cc(OC)c(OC)cc2P(c2ccccc2)c2ccccc2)N(C)[S@](=O)C(C)(C)C)cc1. The van der Waals surface area contributed by atoms with E-state index in [9.17, 15) is 4.21 Å². The van der Waals surface area contributed by atoms with Crippen molar-refractivity contribution in [2.45, 2.75) is 31.6 Å². The van der Waals surface area contributed by atoms with Crippen molar-refractivity contribution in [3.8, 4) is 17.2 Å². The highest BCUT2D eigenvalue weighted by Crippen LogP contribution is 2.43. The summed E-state index contributed by atoms with van der Waals surface area (Å²) in [5.74, 6) is 2.06. The van der Waals surface area contributed by atoms with E-state index in [1.54, 1.807) is 21.3 Å². The lowest BCUT2D eigenvalue weighted by Crippen LogP contribution is -2.39. The molecule has 0 amide bonds. The van der Waals surface area contributed by atoms with Gasteiger partial charge in [-0.2, -0.15) is 0 Å². The molecule has 40 heavy (non-hydrogen) atoms. The quantitative estimate of drug-likeness (QED) is 0.219. The van der Waals surface area contributed by atoms with Crippen LogP contribution >= 0.6 is 7.92 Å². The molecule has 0 spiro atoms. The largest absolute Gasteiger partial charge is 0.497 e. The van der Waals surface area contributed by atoms with Crippen molar-refractivity contribution in [1.29, 1.82) is 0 Å². The van der Waals surface area contributed by atoms with E-state index in [4.69, 9.17) is 14.2 Å². The molecular weight excluding hydrogens is 537 g/mol. The number of ether oxygens (including phenoxy) is 3. The summed E-state index contributed by atoms with van der Waals surface area (Å²) in [4.78, 5) is 0. The third kappa shape index (κ3) is 6.41. The average Bonchev–Trinajstić information content (AvgIpc) is 2.98. The summed E-state index contributed by atoms with van der Waals surface area (Å²) in [5.41, 5.74) is 2.02. The molecule has 4 rings (SSSR count). The lowest BCUT2D eigenvalue weighted by Gasteiger charge is -2.35. The number of rotatable bonds is 10. The van der Waals surface area contributed by atoms with Crippen molar-refractivity contribution in [3.63, 3.8) is 0 Å². The van der Waals surface area contributed by atoms with Crippen LogP contribution in [0.1, 0.15) is 37.9 Å². The number of benzene rings is 4. The van der Waals surface area contributed by atoms with E-state index in [-0.39, 0.29) is 6.04 Å². The Morgan fingerprint density at radius 2 is 1.23 bits per heavy atom. The van der Waals surface area contributed by atoms with Crippen molar-refractivity contribution in [2.75, 3.05) is 28.4 Å². The first-order valence-electron chi connectivity index (χ1n) is 13.1. The molecule has 0 heterocycles. The summed E-state index contributed by atoms with van der Waals surface area (Å²) < 4.78 is 32.5. The van der Waals surface area contributed by atoms with E-state index in [1.807, 2.05) is 68.5 Å². The first-order valence-corrected chi connectivity index (χ1v) is 15.6. The van der Waals surface area contributed by atoms with Crippen molar-refractivity contribution in [1.82, 2.24) is 4.31 Å². The van der Waals surface area contributed by atoms with Crippen molar-refractivity contribution in [2.24, 2.45) is 0 Å². The highest BCUT2D eigenvalue weighted by atomic mass is 32.2. The minimum absolute atomic E-state index is 0.335. The van der Waals surface area contributed by atoms with Crippen LogP contribution in [-0.2, 0) is 11.0 Å². The maximum atomic E-state index is 13.9. The smallest absolute Gasteiger partial charge is 0.161 e. The second-order valence-corrected chi connectivity index (χ2v) is 14.8. The molecule has 0 radical (unpaired) electrons. The molecule has 0 saturated heterocycles. The van der Waals surface area contributed by atoms with Gasteiger partial charge < -0.3 is 14.2 Å². The van der Waals surface area contributed by atoms with Crippen LogP contribution in [0.5, 0.6) is 17.2 Å². The van der Waals surface area contributed by atoms with Crippen LogP contribution in [0.3, 0.4) is 0 Å². The Bertz CT molecular complexity index is 1380. The zero-order chi connectivity index (χ0) is 28.9. The van der Waals surface area contributed by atoms with E-state index in [0.29, 0.717) is 11.5 Å². The van der Waals surface area contributed by atoms with Crippen LogP contribution in [0, 0.1) is 0 Å². The van der Waals surface area contributed by atoms with Crippen LogP contribution in [0.25, 0.3) is 0 Å². The molecule has 0 aromatic heterocycles. The Morgan fingerprint density at radius 1 is 0.725 bits per heavy atom. The van der Waals surface area contributed by atoms with Crippen LogP contribution in [0.2, 0.25) is 0 Å². The number of hydrogen-bond acceptors (Lipinski definition) is 4. The summed E-state index contributed by atoms with van der Waals surface area (Å²) >= 11 is 0. The molecule has 0 aliphatic rings. The van der Waals surface area contributed by atoms with E-state index >= 15 is 0 Å². The Kier molecular flexibility index (Phi) is 9.68. The van der Waals surface area contributed by atoms with Gasteiger partial charge in [-0.05, 0) is 80.0 Å². The Morgan fingerprint density at radius 3 is 1.68 bits per heavy atom. The van der Waals surface area contributed by atoms with Crippen LogP contribution < -0.4 is 30.1 Å². The molecule has 2 atom stereocenters. The van der Waals surface area contributed by atoms with E-state index in [2.05, 4.69) is 60.7 Å². The summed E-state index contributed by atoms with van der Waals surface area (Å²) in [5, 5.41) is 3.54. The second-order valence-electron chi connectivity index (χ2n) is 10.4. The molecule has 0 fully saturated rings. The Balaban J connectivity index is 2.07. The van der Waals surface area contributed by atoms with Gasteiger partial charge >= 0.3 is 0 Å². The summed E-state index contributed by atoms with van der Waals surface area (Å²) in [6.07, 6.45) is 0. The van der Waals surface area contributed by atoms with Gasteiger partial charge in [0.05, 0.1) is 32.1 Å². The van der Waals surface area contributed by atoms with Crippen LogP contribution in [-0.4, -0.2) is 41.6 Å². The normalized spacial score (nSPS) is 13.2. The van der Waals surface area contributed by atoms with E-state index in [1.165, 1.54) is 10.6 Å². The summed E-state index contributed by atoms with van der Waals surface area (Å²) in [7, 11) is 4.60. The molecule has 1 unspecified atom stereocenters. The number of hydrogen-bond donors (Lipinski definition) is 0. The standard InChI is InChI=1S/C33H38NO4PS/c1-33(2,3)40(35)34(4)32(24-18-20-25(36-5)21-19-24)28-22-29(37-6)30(38-7)23-31(28)39(26-14-10-8-11-15-26)27-16-12-9-13-17-27/h8-23,32H,1-7H3/t32?,40-/m1/s1. The van der Waals surface area contributed by atoms with Gasteiger partial charge in [0, 0.05) is 7.05 Å². The van der Waals surface area contributed by atoms with Gasteiger partial charge in [0.15, 0.2) is 11.5 Å². The Hall–Kier alpha value is -3.18. The number of nitrogens with zero attached hydrogens (tertiary/aromatic N) is 1. The molecular formula is C33H38NO4PS. The lowest BCUT2D eigenvalue weighted by molar-refractivity contribution is 0.353. The van der Waals surface area contributed by atoms with Crippen molar-refractivity contribution < 1.29 is 18.4 Å². The van der Waals surface area contributed by atoms with Gasteiger partial charge in [-0.1, -0.05) is 72.8 Å². The number of methoxy groups -OCH3 is 3. The van der Waals surface area contributed by atoms with E-state index in [0.717, 1.165) is 22.2 Å². The minimum atomic E-state index is -1.31. The molecule has 0 saturated carbocycles. The fraction of sp³-hybridized carbons (Fsp3) is 0.273. The zero-order valence-corrected chi connectivity index (χ0v) is 26.0. The fourth-order valence-electron chi connectivity index (χ4n) is 4.78. The maximum absolute atomic E-state index is 13.9. The fourth-order valence-corrected chi connectivity index (χ4v) is 8.55. The summed E-state index contributed by atoms with van der Waals surface area (Å²) in [6, 6.07) is 32.9. The highest BCUT2D eigenvalue weighted by molar-refractivity contribution is 7.84. The van der Waals surface area contributed by atoms with Gasteiger partial charge in [0.1, 0.15) is 16.7 Å². The highest BCUT2D eigenvalue weighted by Gasteiger charge is 2.34. The zero-order valence-electron chi connectivity index (χ0n) is 24.3. The van der Waals surface area contributed by atoms with E-state index < -0.39 is 23.7 Å². The third-order valence-corrected chi connectivity index (χ3v) is 11.0. The molecule has 0 N–H and O–H groups in total. The van der Waals surface area contributed by atoms with Gasteiger partial charge in [0.25, 0.3) is 0 Å². The van der Waals surface area contributed by atoms with Gasteiger partial charge in [-0.3, -0.25) is 0 Å². The molecule has 210 valence electrons. The molecule has 4 aromatic rings. The van der Waals surface area contributed by atoms with Gasteiger partial charge in [-0.15, -0.1) is 0 Å². The maximum Gasteiger partial charge on any atom is 0.161 e. The topological polar surface area (TPSA) is 48.0 Å². The molecule has 0 aliphatic carbocycles. The molecule has 0 aliphatic heterocycles. The van der Waals surface area contributed by atoms with Crippen molar-refractivity contribution in [3.05, 3.63) is 108 Å². The second kappa shape index (κ2) is 13.0. The van der Waals surface area contributed by atoms with Gasteiger partial charge in [0.2, 0.25) is 0 Å². The molecule has 0 bridgehead atoms. The molecule has 7 heteroatoms. The first kappa shape index (κ1) is 29.8. The molecule has 5 nitrogen and oxygen atoms in total. The molecule has 4 aromatic carbocycles. The van der Waals surface area contributed by atoms with Crippen LogP contribution in [0.15, 0.2) is 97.1 Å². The van der Waals surface area contributed by atoms with Crippen molar-refractivity contribution >= 4 is 34.8 Å². The monoisotopic (exact) mass is 575 g/mol. The predicted molar refractivity (Wildman–Crippen MR) is 169 cm³/mol. The lowest BCUT2D eigenvalue weighted by atomic mass is 9.98. The third-order valence-electron chi connectivity index (χ3n) is 6.68. The van der Waals surface area contributed by atoms with Crippen LogP contribution in [0.4, 0.5) is 0 Å². The summed E-state index contributed by atoms with van der Waals surface area (Å²) in [6.45, 7) is 6.00. The first-order chi connectivity index (χ1) is 19.2.